The van der Waals surface area contributed by atoms with E-state index in [4.69, 9.17) is 5.73 Å². The van der Waals surface area contributed by atoms with Gasteiger partial charge >= 0.3 is 0 Å². The number of amides is 1. The molecule has 0 saturated carbocycles. The molecule has 1 rings (SSSR count). The average Bonchev–Trinajstić information content (AvgIpc) is 2.42. The van der Waals surface area contributed by atoms with Gasteiger partial charge in [-0.05, 0) is 30.0 Å². The molecular formula is C16H27ClN2OS. The van der Waals surface area contributed by atoms with Crippen LogP contribution in [0.1, 0.15) is 33.3 Å². The summed E-state index contributed by atoms with van der Waals surface area (Å²) in [6, 6.07) is 8.54. The molecule has 1 aromatic carbocycles. The summed E-state index contributed by atoms with van der Waals surface area (Å²) in [5.74, 6) is 0.572. The Morgan fingerprint density at radius 3 is 2.24 bits per heavy atom. The number of carbonyl (C=O) groups is 1. The molecule has 1 unspecified atom stereocenters. The minimum atomic E-state index is 0. The molecule has 0 aliphatic carbocycles. The summed E-state index contributed by atoms with van der Waals surface area (Å²) in [5, 5.41) is 0. The Labute approximate surface area is 139 Å². The molecule has 0 radical (unpaired) electrons. The molecule has 3 nitrogen and oxygen atoms in total. The van der Waals surface area contributed by atoms with E-state index >= 15 is 0 Å². The Morgan fingerprint density at radius 2 is 1.81 bits per heavy atom. The second-order valence-corrected chi connectivity index (χ2v) is 7.20. The van der Waals surface area contributed by atoms with Crippen LogP contribution in [0.3, 0.4) is 0 Å². The van der Waals surface area contributed by atoms with E-state index in [2.05, 4.69) is 45.0 Å². The van der Waals surface area contributed by atoms with Crippen LogP contribution in [0.4, 0.5) is 0 Å². The number of hydrogen-bond donors (Lipinski definition) is 1. The Balaban J connectivity index is 0.00000400. The lowest BCUT2D eigenvalue weighted by molar-refractivity contribution is -0.128. The maximum atomic E-state index is 12.0. The fourth-order valence-corrected chi connectivity index (χ4v) is 2.52. The quantitative estimate of drug-likeness (QED) is 0.842. The van der Waals surface area contributed by atoms with Gasteiger partial charge in [0, 0.05) is 24.5 Å². The third kappa shape index (κ3) is 6.29. The molecule has 0 aliphatic heterocycles. The highest BCUT2D eigenvalue weighted by molar-refractivity contribution is 8.00. The van der Waals surface area contributed by atoms with Gasteiger partial charge in [0.1, 0.15) is 0 Å². The van der Waals surface area contributed by atoms with Gasteiger partial charge in [-0.2, -0.15) is 0 Å². The predicted molar refractivity (Wildman–Crippen MR) is 94.4 cm³/mol. The molecule has 0 saturated heterocycles. The first-order valence-electron chi connectivity index (χ1n) is 6.94. The molecule has 0 bridgehead atoms. The molecule has 1 atom stereocenters. The van der Waals surface area contributed by atoms with Gasteiger partial charge in [0.15, 0.2) is 0 Å². The van der Waals surface area contributed by atoms with Crippen LogP contribution in [-0.4, -0.2) is 36.2 Å². The van der Waals surface area contributed by atoms with Gasteiger partial charge in [-0.15, -0.1) is 24.2 Å². The number of nitrogens with two attached hydrogens (primary N) is 1. The van der Waals surface area contributed by atoms with E-state index in [-0.39, 0.29) is 29.8 Å². The minimum absolute atomic E-state index is 0. The van der Waals surface area contributed by atoms with Gasteiger partial charge in [0.05, 0.1) is 5.75 Å². The highest BCUT2D eigenvalue weighted by Crippen LogP contribution is 2.25. The first-order chi connectivity index (χ1) is 9.25. The Morgan fingerprint density at radius 1 is 1.29 bits per heavy atom. The van der Waals surface area contributed by atoms with E-state index in [1.54, 1.807) is 16.7 Å². The summed E-state index contributed by atoms with van der Waals surface area (Å²) in [7, 11) is 1.81. The van der Waals surface area contributed by atoms with Crippen molar-refractivity contribution < 1.29 is 4.79 Å². The van der Waals surface area contributed by atoms with Crippen molar-refractivity contribution in [2.75, 3.05) is 19.3 Å². The highest BCUT2D eigenvalue weighted by Gasteiger charge is 2.15. The molecule has 1 amide bonds. The lowest BCUT2D eigenvalue weighted by Gasteiger charge is -2.23. The van der Waals surface area contributed by atoms with E-state index in [0.29, 0.717) is 12.3 Å². The zero-order chi connectivity index (χ0) is 15.3. The van der Waals surface area contributed by atoms with Crippen molar-refractivity contribution in [3.63, 3.8) is 0 Å². The number of thioether (sulfide) groups is 1. The van der Waals surface area contributed by atoms with Crippen molar-refractivity contribution in [3.05, 3.63) is 29.8 Å². The van der Waals surface area contributed by atoms with Crippen LogP contribution in [0.2, 0.25) is 0 Å². The topological polar surface area (TPSA) is 46.3 Å². The molecule has 0 aliphatic rings. The summed E-state index contributed by atoms with van der Waals surface area (Å²) in [6.07, 6.45) is 0. The number of likely N-dealkylation sites (N-methyl/N-ethyl adjacent to an activating group) is 1. The van der Waals surface area contributed by atoms with Gasteiger partial charge in [0.25, 0.3) is 0 Å². The third-order valence-electron chi connectivity index (χ3n) is 3.48. The smallest absolute Gasteiger partial charge is 0.232 e. The van der Waals surface area contributed by atoms with E-state index in [1.807, 2.05) is 14.0 Å². The van der Waals surface area contributed by atoms with E-state index in [9.17, 15) is 4.79 Å². The third-order valence-corrected chi connectivity index (χ3v) is 4.48. The largest absolute Gasteiger partial charge is 0.341 e. The lowest BCUT2D eigenvalue weighted by Crippen LogP contribution is -2.40. The molecular weight excluding hydrogens is 304 g/mol. The molecule has 0 aromatic heterocycles. The fourth-order valence-electron chi connectivity index (χ4n) is 1.70. The Kier molecular flexibility index (Phi) is 8.37. The van der Waals surface area contributed by atoms with Crippen molar-refractivity contribution in [2.24, 2.45) is 5.73 Å². The van der Waals surface area contributed by atoms with Crippen LogP contribution in [0.15, 0.2) is 29.2 Å². The zero-order valence-electron chi connectivity index (χ0n) is 13.6. The Hall–Kier alpha value is -0.710. The monoisotopic (exact) mass is 330 g/mol. The van der Waals surface area contributed by atoms with Gasteiger partial charge in [-0.3, -0.25) is 4.79 Å². The first-order valence-corrected chi connectivity index (χ1v) is 7.93. The van der Waals surface area contributed by atoms with E-state index < -0.39 is 0 Å². The van der Waals surface area contributed by atoms with Crippen molar-refractivity contribution in [1.29, 1.82) is 0 Å². The number of benzene rings is 1. The number of halogens is 1. The second kappa shape index (κ2) is 8.66. The van der Waals surface area contributed by atoms with Gasteiger partial charge in [0.2, 0.25) is 5.91 Å². The van der Waals surface area contributed by atoms with Crippen LogP contribution in [-0.2, 0) is 10.2 Å². The number of nitrogens with zero attached hydrogens (tertiary/aromatic N) is 1. The van der Waals surface area contributed by atoms with Gasteiger partial charge in [-0.25, -0.2) is 0 Å². The number of rotatable bonds is 5. The summed E-state index contributed by atoms with van der Waals surface area (Å²) in [6.45, 7) is 9.04. The molecule has 0 fully saturated rings. The molecule has 2 N–H and O–H groups in total. The SMILES string of the molecule is CC(CN)N(C)C(=O)CSc1ccc(C(C)(C)C)cc1.Cl. The highest BCUT2D eigenvalue weighted by atomic mass is 35.5. The minimum Gasteiger partial charge on any atom is -0.341 e. The fraction of sp³-hybridized carbons (Fsp3) is 0.562. The average molecular weight is 331 g/mol. The van der Waals surface area contributed by atoms with Gasteiger partial charge < -0.3 is 10.6 Å². The Bertz CT molecular complexity index is 443. The van der Waals surface area contributed by atoms with Crippen LogP contribution in [0.5, 0.6) is 0 Å². The summed E-state index contributed by atoms with van der Waals surface area (Å²) >= 11 is 1.57. The summed E-state index contributed by atoms with van der Waals surface area (Å²) in [4.78, 5) is 14.8. The second-order valence-electron chi connectivity index (χ2n) is 6.15. The maximum absolute atomic E-state index is 12.0. The van der Waals surface area contributed by atoms with Crippen molar-refractivity contribution in [1.82, 2.24) is 4.90 Å². The van der Waals surface area contributed by atoms with Crippen LogP contribution < -0.4 is 5.73 Å². The normalized spacial score (nSPS) is 12.5. The standard InChI is InChI=1S/C16H26N2OS.ClH/c1-12(10-17)18(5)15(19)11-20-14-8-6-13(7-9-14)16(2,3)4;/h6-9,12H,10-11,17H2,1-5H3;1H. The predicted octanol–water partition coefficient (Wildman–Crippen LogP) is 3.30. The first kappa shape index (κ1) is 20.3. The van der Waals surface area contributed by atoms with Crippen molar-refractivity contribution in [3.8, 4) is 0 Å². The summed E-state index contributed by atoms with van der Waals surface area (Å²) < 4.78 is 0. The maximum Gasteiger partial charge on any atom is 0.232 e. The molecule has 120 valence electrons. The van der Waals surface area contributed by atoms with Crippen LogP contribution >= 0.6 is 24.2 Å². The summed E-state index contributed by atoms with van der Waals surface area (Å²) in [5.41, 5.74) is 7.04. The van der Waals surface area contributed by atoms with Crippen LogP contribution in [0, 0.1) is 0 Å². The van der Waals surface area contributed by atoms with Gasteiger partial charge in [-0.1, -0.05) is 32.9 Å². The molecule has 1 aromatic rings. The molecule has 5 heteroatoms. The number of carbonyl (C=O) groups excluding carboxylic acids is 1. The molecule has 21 heavy (non-hydrogen) atoms. The van der Waals surface area contributed by atoms with E-state index in [0.717, 1.165) is 4.90 Å². The van der Waals surface area contributed by atoms with Crippen molar-refractivity contribution in [2.45, 2.75) is 44.0 Å². The zero-order valence-corrected chi connectivity index (χ0v) is 15.2. The van der Waals surface area contributed by atoms with E-state index in [1.165, 1.54) is 5.56 Å². The van der Waals surface area contributed by atoms with Crippen molar-refractivity contribution >= 4 is 30.1 Å². The van der Waals surface area contributed by atoms with Crippen LogP contribution in [0.25, 0.3) is 0 Å². The lowest BCUT2D eigenvalue weighted by atomic mass is 9.87. The molecule has 0 spiro atoms. The molecule has 0 heterocycles. The number of hydrogen-bond acceptors (Lipinski definition) is 3.